The van der Waals surface area contributed by atoms with E-state index in [1.54, 1.807) is 19.1 Å². The highest BCUT2D eigenvalue weighted by molar-refractivity contribution is 6.31. The summed E-state index contributed by atoms with van der Waals surface area (Å²) in [7, 11) is 0. The molecular formula is C21H28ClN5O3. The van der Waals surface area contributed by atoms with Crippen LogP contribution in [0.5, 0.6) is 0 Å². The van der Waals surface area contributed by atoms with E-state index in [9.17, 15) is 14.4 Å². The summed E-state index contributed by atoms with van der Waals surface area (Å²) < 4.78 is 0. The molecule has 9 heteroatoms. The average Bonchev–Trinajstić information content (AvgIpc) is 3.54. The van der Waals surface area contributed by atoms with Gasteiger partial charge in [-0.2, -0.15) is 0 Å². The highest BCUT2D eigenvalue weighted by Gasteiger charge is 2.56. The van der Waals surface area contributed by atoms with Crippen molar-refractivity contribution in [2.75, 3.05) is 49.5 Å². The summed E-state index contributed by atoms with van der Waals surface area (Å²) >= 11 is 6.17. The van der Waals surface area contributed by atoms with Gasteiger partial charge in [0.05, 0.1) is 11.4 Å². The number of likely N-dealkylation sites (N-methyl/N-ethyl adjacent to an activating group) is 1. The van der Waals surface area contributed by atoms with Crippen LogP contribution in [0.3, 0.4) is 0 Å². The molecule has 4 amide bonds. The van der Waals surface area contributed by atoms with Gasteiger partial charge in [-0.1, -0.05) is 18.5 Å². The molecule has 1 saturated carbocycles. The second kappa shape index (κ2) is 8.07. The Morgan fingerprint density at radius 3 is 2.57 bits per heavy atom. The molecule has 0 bridgehead atoms. The van der Waals surface area contributed by atoms with Crippen molar-refractivity contribution in [1.82, 2.24) is 15.1 Å². The van der Waals surface area contributed by atoms with Gasteiger partial charge in [0.1, 0.15) is 12.1 Å². The van der Waals surface area contributed by atoms with E-state index in [1.165, 1.54) is 0 Å². The molecule has 0 spiro atoms. The molecule has 0 radical (unpaired) electrons. The maximum absolute atomic E-state index is 12.8. The van der Waals surface area contributed by atoms with Crippen LogP contribution in [0.1, 0.15) is 26.7 Å². The van der Waals surface area contributed by atoms with Gasteiger partial charge in [0.15, 0.2) is 0 Å². The molecule has 2 N–H and O–H groups in total. The molecule has 162 valence electrons. The molecule has 4 rings (SSSR count). The number of amides is 4. The van der Waals surface area contributed by atoms with Crippen LogP contribution in [0.4, 0.5) is 16.2 Å². The molecule has 1 aromatic rings. The van der Waals surface area contributed by atoms with Gasteiger partial charge in [0, 0.05) is 31.2 Å². The number of rotatable bonds is 6. The third-order valence-electron chi connectivity index (χ3n) is 6.39. The van der Waals surface area contributed by atoms with Crippen molar-refractivity contribution in [2.24, 2.45) is 5.92 Å². The summed E-state index contributed by atoms with van der Waals surface area (Å²) in [6.45, 7) is 8.20. The number of nitrogens with one attached hydrogen (secondary N) is 2. The van der Waals surface area contributed by atoms with Crippen LogP contribution in [0.2, 0.25) is 5.02 Å². The third-order valence-corrected chi connectivity index (χ3v) is 6.62. The lowest BCUT2D eigenvalue weighted by Gasteiger charge is -2.36. The number of hydrogen-bond acceptors (Lipinski definition) is 5. The normalized spacial score (nSPS) is 24.9. The van der Waals surface area contributed by atoms with E-state index in [1.807, 2.05) is 6.07 Å². The van der Waals surface area contributed by atoms with E-state index in [0.29, 0.717) is 10.7 Å². The predicted molar refractivity (Wildman–Crippen MR) is 116 cm³/mol. The second-order valence-corrected chi connectivity index (χ2v) is 8.87. The Balaban J connectivity index is 1.45. The second-order valence-electron chi connectivity index (χ2n) is 8.43. The number of urea groups is 1. The monoisotopic (exact) mass is 433 g/mol. The van der Waals surface area contributed by atoms with Crippen molar-refractivity contribution >= 4 is 40.8 Å². The fraction of sp³-hybridized carbons (Fsp3) is 0.571. The zero-order chi connectivity index (χ0) is 21.5. The molecule has 2 heterocycles. The molecule has 2 saturated heterocycles. The SMILES string of the molecule is CCN1CCN(c2ccc(Cl)cc2NC(=O)CN2C(=O)NC(C)(C3CC3)C2=O)CC1. The minimum atomic E-state index is -0.891. The van der Waals surface area contributed by atoms with E-state index in [4.69, 9.17) is 11.6 Å². The number of carbonyl (C=O) groups is 3. The lowest BCUT2D eigenvalue weighted by atomic mass is 9.96. The molecule has 1 aliphatic carbocycles. The van der Waals surface area contributed by atoms with Crippen LogP contribution >= 0.6 is 11.6 Å². The van der Waals surface area contributed by atoms with Gasteiger partial charge in [-0.05, 0) is 50.4 Å². The first-order valence-corrected chi connectivity index (χ1v) is 10.9. The summed E-state index contributed by atoms with van der Waals surface area (Å²) in [4.78, 5) is 43.4. The molecule has 0 aromatic heterocycles. The van der Waals surface area contributed by atoms with Gasteiger partial charge < -0.3 is 20.4 Å². The van der Waals surface area contributed by atoms with E-state index in [-0.39, 0.29) is 18.4 Å². The summed E-state index contributed by atoms with van der Waals surface area (Å²) in [6, 6.07) is 4.90. The van der Waals surface area contributed by atoms with Crippen LogP contribution < -0.4 is 15.5 Å². The maximum atomic E-state index is 12.8. The van der Waals surface area contributed by atoms with Gasteiger partial charge >= 0.3 is 6.03 Å². The van der Waals surface area contributed by atoms with E-state index >= 15 is 0 Å². The first-order chi connectivity index (χ1) is 14.3. The highest BCUT2D eigenvalue weighted by atomic mass is 35.5. The Labute approximate surface area is 181 Å². The van der Waals surface area contributed by atoms with Gasteiger partial charge in [0.25, 0.3) is 5.91 Å². The average molecular weight is 434 g/mol. The van der Waals surface area contributed by atoms with Crippen molar-refractivity contribution < 1.29 is 14.4 Å². The number of carbonyl (C=O) groups excluding carboxylic acids is 3. The first-order valence-electron chi connectivity index (χ1n) is 10.5. The number of halogens is 1. The third kappa shape index (κ3) is 3.98. The fourth-order valence-electron chi connectivity index (χ4n) is 4.32. The van der Waals surface area contributed by atoms with Crippen LogP contribution in [0, 0.1) is 5.92 Å². The number of hydrogen-bond donors (Lipinski definition) is 2. The molecular weight excluding hydrogens is 406 g/mol. The summed E-state index contributed by atoms with van der Waals surface area (Å²) in [6.07, 6.45) is 1.83. The zero-order valence-corrected chi connectivity index (χ0v) is 18.2. The Morgan fingerprint density at radius 2 is 1.93 bits per heavy atom. The summed E-state index contributed by atoms with van der Waals surface area (Å²) in [5.41, 5.74) is 0.593. The number of nitrogens with zero attached hydrogens (tertiary/aromatic N) is 3. The van der Waals surface area contributed by atoms with Crippen molar-refractivity contribution in [1.29, 1.82) is 0 Å². The minimum absolute atomic E-state index is 0.156. The van der Waals surface area contributed by atoms with Crippen molar-refractivity contribution in [2.45, 2.75) is 32.2 Å². The van der Waals surface area contributed by atoms with Gasteiger partial charge in [-0.25, -0.2) is 4.79 Å². The number of piperazine rings is 1. The molecule has 8 nitrogen and oxygen atoms in total. The molecule has 3 fully saturated rings. The van der Waals surface area contributed by atoms with Crippen molar-refractivity contribution in [3.05, 3.63) is 23.2 Å². The first kappa shape index (κ1) is 20.9. The molecule has 3 aliphatic rings. The van der Waals surface area contributed by atoms with Gasteiger partial charge in [-0.3, -0.25) is 14.5 Å². The number of imide groups is 1. The van der Waals surface area contributed by atoms with E-state index in [0.717, 1.165) is 56.2 Å². The van der Waals surface area contributed by atoms with Gasteiger partial charge in [0.2, 0.25) is 5.91 Å². The Bertz CT molecular complexity index is 866. The lowest BCUT2D eigenvalue weighted by molar-refractivity contribution is -0.134. The molecule has 1 atom stereocenters. The van der Waals surface area contributed by atoms with Crippen LogP contribution in [-0.4, -0.2) is 72.5 Å². The van der Waals surface area contributed by atoms with Crippen molar-refractivity contribution in [3.8, 4) is 0 Å². The van der Waals surface area contributed by atoms with E-state index < -0.39 is 17.5 Å². The quantitative estimate of drug-likeness (QED) is 0.671. The summed E-state index contributed by atoms with van der Waals surface area (Å²) in [5.74, 6) is -0.593. The van der Waals surface area contributed by atoms with Gasteiger partial charge in [-0.15, -0.1) is 0 Å². The van der Waals surface area contributed by atoms with E-state index in [2.05, 4.69) is 27.4 Å². The Hall–Kier alpha value is -2.32. The largest absolute Gasteiger partial charge is 0.367 e. The standard InChI is InChI=1S/C21H28ClN5O3/c1-3-25-8-10-26(11-9-25)17-7-6-15(22)12-16(17)23-18(28)13-27-19(29)21(2,14-4-5-14)24-20(27)30/h6-7,12,14H,3-5,8-11,13H2,1-2H3,(H,23,28)(H,24,30). The molecule has 1 unspecified atom stereocenters. The minimum Gasteiger partial charge on any atom is -0.367 e. The van der Waals surface area contributed by atoms with Crippen LogP contribution in [0.25, 0.3) is 0 Å². The lowest BCUT2D eigenvalue weighted by Crippen LogP contribution is -2.47. The molecule has 30 heavy (non-hydrogen) atoms. The summed E-state index contributed by atoms with van der Waals surface area (Å²) in [5, 5.41) is 6.14. The smallest absolute Gasteiger partial charge is 0.325 e. The Morgan fingerprint density at radius 1 is 1.23 bits per heavy atom. The van der Waals surface area contributed by atoms with Crippen LogP contribution in [0.15, 0.2) is 18.2 Å². The predicted octanol–water partition coefficient (Wildman–Crippen LogP) is 2.14. The highest BCUT2D eigenvalue weighted by Crippen LogP contribution is 2.42. The fourth-order valence-corrected chi connectivity index (χ4v) is 4.49. The van der Waals surface area contributed by atoms with Crippen molar-refractivity contribution in [3.63, 3.8) is 0 Å². The number of benzene rings is 1. The maximum Gasteiger partial charge on any atom is 0.325 e. The number of anilines is 2. The molecule has 2 aliphatic heterocycles. The molecule has 1 aromatic carbocycles. The topological polar surface area (TPSA) is 85.0 Å². The van der Waals surface area contributed by atoms with Crippen LogP contribution in [-0.2, 0) is 9.59 Å². The Kier molecular flexibility index (Phi) is 5.63. The zero-order valence-electron chi connectivity index (χ0n) is 17.4.